The van der Waals surface area contributed by atoms with Crippen molar-refractivity contribution < 1.29 is 14.0 Å². The van der Waals surface area contributed by atoms with Crippen molar-refractivity contribution in [2.24, 2.45) is 11.3 Å². The molecule has 0 spiro atoms. The quantitative estimate of drug-likeness (QED) is 0.694. The van der Waals surface area contributed by atoms with Crippen LogP contribution in [0.5, 0.6) is 0 Å². The van der Waals surface area contributed by atoms with Crippen molar-refractivity contribution in [2.45, 2.75) is 25.7 Å². The molecular formula is C18H25ClFN3O2. The van der Waals surface area contributed by atoms with E-state index in [0.717, 1.165) is 32.4 Å². The van der Waals surface area contributed by atoms with E-state index < -0.39 is 11.7 Å². The molecule has 7 heteroatoms. The molecule has 3 N–H and O–H groups in total. The minimum absolute atomic E-state index is 0. The van der Waals surface area contributed by atoms with Crippen LogP contribution in [0.2, 0.25) is 0 Å². The molecule has 0 aromatic heterocycles. The molecule has 0 radical (unpaired) electrons. The van der Waals surface area contributed by atoms with Gasteiger partial charge in [0.25, 0.3) is 5.91 Å². The fourth-order valence-corrected chi connectivity index (χ4v) is 3.96. The predicted octanol–water partition coefficient (Wildman–Crippen LogP) is 1.87. The van der Waals surface area contributed by atoms with E-state index in [1.807, 2.05) is 0 Å². The van der Waals surface area contributed by atoms with Gasteiger partial charge in [0.2, 0.25) is 5.91 Å². The Bertz CT molecular complexity index is 628. The molecule has 1 aliphatic carbocycles. The minimum Gasteiger partial charge on any atom is -0.354 e. The first-order valence-electron chi connectivity index (χ1n) is 8.65. The van der Waals surface area contributed by atoms with E-state index in [1.165, 1.54) is 18.6 Å². The summed E-state index contributed by atoms with van der Waals surface area (Å²) in [5.41, 5.74) is -0.261. The lowest BCUT2D eigenvalue weighted by Crippen LogP contribution is -2.49. The van der Waals surface area contributed by atoms with Crippen molar-refractivity contribution in [3.05, 3.63) is 35.6 Å². The van der Waals surface area contributed by atoms with Crippen LogP contribution >= 0.6 is 12.4 Å². The summed E-state index contributed by atoms with van der Waals surface area (Å²) in [5, 5.41) is 8.94. The maximum absolute atomic E-state index is 13.5. The summed E-state index contributed by atoms with van der Waals surface area (Å²) < 4.78 is 13.5. The topological polar surface area (TPSA) is 70.2 Å². The molecule has 2 atom stereocenters. The zero-order valence-corrected chi connectivity index (χ0v) is 15.0. The van der Waals surface area contributed by atoms with Crippen molar-refractivity contribution in [3.8, 4) is 0 Å². The Morgan fingerprint density at radius 3 is 2.76 bits per heavy atom. The molecule has 3 rings (SSSR count). The third kappa shape index (κ3) is 4.12. The maximum atomic E-state index is 13.5. The Balaban J connectivity index is 0.00000225. The number of benzene rings is 1. The standard InChI is InChI=1S/C18H24FN3O2.ClH/c19-15-7-2-1-6-14(15)16(23)21-9-10-22-17(24)18-8-4-3-5-13(18)11-20-12-18;/h1-2,6-7,13,20H,3-5,8-12H2,(H,21,23)(H,22,24);1H/t13-,18+;/m0./s1. The molecule has 1 aromatic carbocycles. The van der Waals surface area contributed by atoms with Crippen molar-refractivity contribution in [1.29, 1.82) is 0 Å². The fraction of sp³-hybridized carbons (Fsp3) is 0.556. The molecular weight excluding hydrogens is 345 g/mol. The molecule has 138 valence electrons. The van der Waals surface area contributed by atoms with Crippen molar-refractivity contribution in [1.82, 2.24) is 16.0 Å². The number of rotatable bonds is 5. The Kier molecular flexibility index (Phi) is 6.79. The SMILES string of the molecule is Cl.O=C(NCCNC(=O)[C@@]12CCCC[C@H]1CNC2)c1ccccc1F. The van der Waals surface area contributed by atoms with E-state index >= 15 is 0 Å². The summed E-state index contributed by atoms with van der Waals surface area (Å²) in [6, 6.07) is 5.86. The van der Waals surface area contributed by atoms with Gasteiger partial charge < -0.3 is 16.0 Å². The third-order valence-corrected chi connectivity index (χ3v) is 5.30. The molecule has 1 aromatic rings. The summed E-state index contributed by atoms with van der Waals surface area (Å²) in [7, 11) is 0. The number of carbonyl (C=O) groups is 2. The van der Waals surface area contributed by atoms with Crippen molar-refractivity contribution >= 4 is 24.2 Å². The van der Waals surface area contributed by atoms with Crippen LogP contribution in [0.25, 0.3) is 0 Å². The lowest BCUT2D eigenvalue weighted by atomic mass is 9.67. The van der Waals surface area contributed by atoms with E-state index in [2.05, 4.69) is 16.0 Å². The van der Waals surface area contributed by atoms with Crippen LogP contribution in [-0.2, 0) is 4.79 Å². The molecule has 1 heterocycles. The van der Waals surface area contributed by atoms with Crippen LogP contribution < -0.4 is 16.0 Å². The number of hydrogen-bond acceptors (Lipinski definition) is 3. The first-order valence-corrected chi connectivity index (χ1v) is 8.65. The van der Waals surface area contributed by atoms with Gasteiger partial charge in [-0.25, -0.2) is 4.39 Å². The highest BCUT2D eigenvalue weighted by Gasteiger charge is 2.49. The Morgan fingerprint density at radius 2 is 1.96 bits per heavy atom. The zero-order valence-electron chi connectivity index (χ0n) is 14.1. The lowest BCUT2D eigenvalue weighted by Gasteiger charge is -2.37. The molecule has 1 aliphatic heterocycles. The van der Waals surface area contributed by atoms with Gasteiger partial charge in [0.15, 0.2) is 0 Å². The second kappa shape index (κ2) is 8.63. The summed E-state index contributed by atoms with van der Waals surface area (Å²) >= 11 is 0. The highest BCUT2D eigenvalue weighted by Crippen LogP contribution is 2.43. The predicted molar refractivity (Wildman–Crippen MR) is 96.3 cm³/mol. The van der Waals surface area contributed by atoms with Gasteiger partial charge in [-0.15, -0.1) is 12.4 Å². The van der Waals surface area contributed by atoms with Crippen LogP contribution in [0.3, 0.4) is 0 Å². The van der Waals surface area contributed by atoms with Crippen LogP contribution in [0, 0.1) is 17.2 Å². The van der Waals surface area contributed by atoms with Gasteiger partial charge in [0, 0.05) is 19.6 Å². The van der Waals surface area contributed by atoms with Gasteiger partial charge in [-0.1, -0.05) is 25.0 Å². The normalized spacial score (nSPS) is 24.8. The largest absolute Gasteiger partial charge is 0.354 e. The molecule has 2 amide bonds. The van der Waals surface area contributed by atoms with E-state index in [-0.39, 0.29) is 35.8 Å². The second-order valence-electron chi connectivity index (χ2n) is 6.72. The summed E-state index contributed by atoms with van der Waals surface area (Å²) in [5.74, 6) is -0.504. The number of hydrogen-bond donors (Lipinski definition) is 3. The van der Waals surface area contributed by atoms with Gasteiger partial charge in [-0.3, -0.25) is 9.59 Å². The van der Waals surface area contributed by atoms with Crippen LogP contribution in [0.15, 0.2) is 24.3 Å². The highest BCUT2D eigenvalue weighted by molar-refractivity contribution is 5.94. The minimum atomic E-state index is -0.542. The molecule has 5 nitrogen and oxygen atoms in total. The Hall–Kier alpha value is -1.66. The number of carbonyl (C=O) groups excluding carboxylic acids is 2. The summed E-state index contributed by atoms with van der Waals surface area (Å²) in [6.45, 7) is 2.29. The van der Waals surface area contributed by atoms with Crippen molar-refractivity contribution in [3.63, 3.8) is 0 Å². The lowest BCUT2D eigenvalue weighted by molar-refractivity contribution is -0.133. The molecule has 1 saturated heterocycles. The van der Waals surface area contributed by atoms with Crippen LogP contribution in [0.4, 0.5) is 4.39 Å². The number of nitrogens with one attached hydrogen (secondary N) is 3. The first kappa shape index (κ1) is 19.7. The Morgan fingerprint density at radius 1 is 1.20 bits per heavy atom. The first-order chi connectivity index (χ1) is 11.6. The molecule has 0 bridgehead atoms. The number of amides is 2. The van der Waals surface area contributed by atoms with Crippen LogP contribution in [-0.4, -0.2) is 38.0 Å². The fourth-order valence-electron chi connectivity index (χ4n) is 3.96. The molecule has 2 aliphatic rings. The van der Waals surface area contributed by atoms with E-state index in [0.29, 0.717) is 12.5 Å². The van der Waals surface area contributed by atoms with Gasteiger partial charge in [-0.05, 0) is 37.4 Å². The van der Waals surface area contributed by atoms with Gasteiger partial charge in [0.05, 0.1) is 11.0 Å². The Labute approximate surface area is 153 Å². The monoisotopic (exact) mass is 369 g/mol. The van der Waals surface area contributed by atoms with Crippen LogP contribution in [0.1, 0.15) is 36.0 Å². The average Bonchev–Trinajstić information content (AvgIpc) is 3.04. The maximum Gasteiger partial charge on any atom is 0.254 e. The molecule has 1 saturated carbocycles. The smallest absolute Gasteiger partial charge is 0.254 e. The highest BCUT2D eigenvalue weighted by atomic mass is 35.5. The zero-order chi connectivity index (χ0) is 17.0. The third-order valence-electron chi connectivity index (χ3n) is 5.30. The number of fused-ring (bicyclic) bond motifs is 1. The number of halogens is 2. The van der Waals surface area contributed by atoms with Gasteiger partial charge in [-0.2, -0.15) is 0 Å². The van der Waals surface area contributed by atoms with E-state index in [1.54, 1.807) is 12.1 Å². The van der Waals surface area contributed by atoms with Gasteiger partial charge >= 0.3 is 0 Å². The second-order valence-corrected chi connectivity index (χ2v) is 6.72. The summed E-state index contributed by atoms with van der Waals surface area (Å²) in [4.78, 5) is 24.6. The van der Waals surface area contributed by atoms with Crippen molar-refractivity contribution in [2.75, 3.05) is 26.2 Å². The summed E-state index contributed by atoms with van der Waals surface area (Å²) in [6.07, 6.45) is 4.32. The van der Waals surface area contributed by atoms with E-state index in [9.17, 15) is 14.0 Å². The molecule has 0 unspecified atom stereocenters. The molecule has 25 heavy (non-hydrogen) atoms. The van der Waals surface area contributed by atoms with Gasteiger partial charge in [0.1, 0.15) is 5.82 Å². The average molecular weight is 370 g/mol. The molecule has 2 fully saturated rings. The van der Waals surface area contributed by atoms with E-state index in [4.69, 9.17) is 0 Å².